The van der Waals surface area contributed by atoms with Crippen LogP contribution in [-0.4, -0.2) is 98.3 Å². The summed E-state index contributed by atoms with van der Waals surface area (Å²) < 4.78 is 32.9. The summed E-state index contributed by atoms with van der Waals surface area (Å²) in [4.78, 5) is 34.9. The molecule has 0 aliphatic heterocycles. The highest BCUT2D eigenvalue weighted by atomic mass is 31.2. The minimum absolute atomic E-state index is 0.0909. The van der Waals surface area contributed by atoms with Crippen molar-refractivity contribution in [2.45, 2.75) is 158 Å². The molecule has 1 aliphatic carbocycles. The number of rotatable bonds is 26. The Bertz CT molecular complexity index is 828. The first kappa shape index (κ1) is 41.9. The van der Waals surface area contributed by atoms with Crippen LogP contribution in [0.2, 0.25) is 0 Å². The Balaban J connectivity index is 2.58. The van der Waals surface area contributed by atoms with Crippen molar-refractivity contribution >= 4 is 19.8 Å². The van der Waals surface area contributed by atoms with Crippen LogP contribution in [0.1, 0.15) is 116 Å². The van der Waals surface area contributed by atoms with Gasteiger partial charge in [0.1, 0.15) is 43.2 Å². The SMILES string of the molecule is [CH2-]CCCCCCCCCCCCC(=O)O[C@H](COC(=O)CCCCCC[CH2-])COP(=O)(O)OC1[C@H](O)[C@H](O)C(O)[C@H](O)[C@H]1O. The molecule has 0 saturated heterocycles. The summed E-state index contributed by atoms with van der Waals surface area (Å²) >= 11 is 0. The molecule has 0 radical (unpaired) electrons. The van der Waals surface area contributed by atoms with E-state index in [4.69, 9.17) is 18.5 Å². The molecule has 0 spiro atoms. The van der Waals surface area contributed by atoms with Crippen LogP contribution in [0.4, 0.5) is 0 Å². The molecule has 0 aromatic heterocycles. The molecule has 0 amide bonds. The maximum Gasteiger partial charge on any atom is 0.472 e. The molecular formula is C31H57O13P-2. The van der Waals surface area contributed by atoms with Gasteiger partial charge in [0.15, 0.2) is 6.10 Å². The summed E-state index contributed by atoms with van der Waals surface area (Å²) in [5.74, 6) is -1.14. The van der Waals surface area contributed by atoms with Crippen LogP contribution in [0.3, 0.4) is 0 Å². The Kier molecular flexibility index (Phi) is 22.4. The molecular weight excluding hydrogens is 611 g/mol. The second-order valence-electron chi connectivity index (χ2n) is 11.7. The molecule has 0 bridgehead atoms. The summed E-state index contributed by atoms with van der Waals surface area (Å²) in [5.41, 5.74) is 0. The number of phosphoric ester groups is 1. The zero-order chi connectivity index (χ0) is 33.7. The number of carbonyl (C=O) groups excluding carboxylic acids is 2. The lowest BCUT2D eigenvalue weighted by atomic mass is 9.85. The van der Waals surface area contributed by atoms with E-state index < -0.39 is 75.7 Å². The van der Waals surface area contributed by atoms with E-state index in [-0.39, 0.29) is 12.8 Å². The summed E-state index contributed by atoms with van der Waals surface area (Å²) in [6.07, 6.45) is 2.82. The van der Waals surface area contributed by atoms with Crippen molar-refractivity contribution in [2.24, 2.45) is 0 Å². The van der Waals surface area contributed by atoms with Gasteiger partial charge in [-0.15, -0.1) is 0 Å². The summed E-state index contributed by atoms with van der Waals surface area (Å²) in [6, 6.07) is 0. The molecule has 1 fully saturated rings. The van der Waals surface area contributed by atoms with Gasteiger partial charge < -0.3 is 53.7 Å². The van der Waals surface area contributed by atoms with Gasteiger partial charge in [0.2, 0.25) is 0 Å². The fourth-order valence-corrected chi connectivity index (χ4v) is 5.93. The van der Waals surface area contributed by atoms with Crippen molar-refractivity contribution in [1.82, 2.24) is 0 Å². The average molecular weight is 669 g/mol. The fourth-order valence-electron chi connectivity index (χ4n) is 4.96. The van der Waals surface area contributed by atoms with Crippen molar-refractivity contribution in [3.63, 3.8) is 0 Å². The predicted molar refractivity (Wildman–Crippen MR) is 165 cm³/mol. The summed E-state index contributed by atoms with van der Waals surface area (Å²) in [7, 11) is -5.09. The van der Waals surface area contributed by atoms with E-state index in [9.17, 15) is 44.6 Å². The van der Waals surface area contributed by atoms with E-state index in [1.165, 1.54) is 32.1 Å². The van der Waals surface area contributed by atoms with E-state index in [1.54, 1.807) is 0 Å². The van der Waals surface area contributed by atoms with Crippen molar-refractivity contribution in [3.05, 3.63) is 13.8 Å². The topological polar surface area (TPSA) is 210 Å². The van der Waals surface area contributed by atoms with Gasteiger partial charge in [-0.25, -0.2) is 4.57 Å². The summed E-state index contributed by atoms with van der Waals surface area (Å²) in [6.45, 7) is 6.44. The first-order valence-electron chi connectivity index (χ1n) is 16.4. The van der Waals surface area contributed by atoms with Crippen molar-refractivity contribution in [1.29, 1.82) is 0 Å². The van der Waals surface area contributed by atoms with Gasteiger partial charge in [-0.3, -0.25) is 18.6 Å². The van der Waals surface area contributed by atoms with Gasteiger partial charge in [-0.2, -0.15) is 12.8 Å². The molecule has 1 aliphatic rings. The van der Waals surface area contributed by atoms with Gasteiger partial charge in [-0.1, -0.05) is 77.0 Å². The first-order chi connectivity index (χ1) is 21.4. The maximum atomic E-state index is 12.6. The van der Waals surface area contributed by atoms with E-state index in [0.29, 0.717) is 12.8 Å². The number of esters is 2. The zero-order valence-corrected chi connectivity index (χ0v) is 27.5. The number of unbranched alkanes of at least 4 members (excludes halogenated alkanes) is 14. The second-order valence-corrected chi connectivity index (χ2v) is 13.1. The Morgan fingerprint density at radius 2 is 1.00 bits per heavy atom. The molecule has 0 aromatic carbocycles. The number of hydrogen-bond donors (Lipinski definition) is 6. The molecule has 1 saturated carbocycles. The van der Waals surface area contributed by atoms with E-state index in [0.717, 1.165) is 57.8 Å². The van der Waals surface area contributed by atoms with Crippen molar-refractivity contribution in [2.75, 3.05) is 13.2 Å². The minimum atomic E-state index is -5.09. The number of aliphatic hydroxyl groups is 5. The van der Waals surface area contributed by atoms with Crippen LogP contribution in [0.25, 0.3) is 0 Å². The average Bonchev–Trinajstić information content (AvgIpc) is 3.01. The van der Waals surface area contributed by atoms with Crippen LogP contribution in [0.5, 0.6) is 0 Å². The lowest BCUT2D eigenvalue weighted by Crippen LogP contribution is -2.64. The van der Waals surface area contributed by atoms with Gasteiger partial charge in [0, 0.05) is 12.8 Å². The van der Waals surface area contributed by atoms with E-state index >= 15 is 0 Å². The van der Waals surface area contributed by atoms with Crippen molar-refractivity contribution < 1.29 is 63.1 Å². The summed E-state index contributed by atoms with van der Waals surface area (Å²) in [5, 5.41) is 49.6. The van der Waals surface area contributed by atoms with Gasteiger partial charge in [-0.05, 0) is 12.8 Å². The van der Waals surface area contributed by atoms with Crippen LogP contribution in [0, 0.1) is 13.8 Å². The third kappa shape index (κ3) is 18.1. The van der Waals surface area contributed by atoms with Crippen LogP contribution in [0.15, 0.2) is 0 Å². The number of carbonyl (C=O) groups is 2. The standard InChI is InChI=1S/C31H57O13P/c1-3-5-7-9-10-11-12-13-14-16-18-20-25(33)43-23(21-41-24(32)19-17-15-8-6-4-2)22-42-45(39,40)44-31-29(37)27(35)26(34)28(36)30(31)38/h23,26-31,34-38H,1-22H2,(H,39,40)/q-2/t23-,26?,27-,28+,29-,30-,31?/m1/s1. The molecule has 266 valence electrons. The monoisotopic (exact) mass is 668 g/mol. The van der Waals surface area contributed by atoms with Gasteiger partial charge in [0.25, 0.3) is 0 Å². The fraction of sp³-hybridized carbons (Fsp3) is 0.871. The lowest BCUT2D eigenvalue weighted by Gasteiger charge is -2.41. The van der Waals surface area contributed by atoms with Crippen LogP contribution in [-0.2, 0) is 32.7 Å². The second kappa shape index (κ2) is 24.1. The zero-order valence-electron chi connectivity index (χ0n) is 26.6. The van der Waals surface area contributed by atoms with Gasteiger partial charge in [0.05, 0.1) is 6.61 Å². The number of aliphatic hydroxyl groups excluding tert-OH is 5. The van der Waals surface area contributed by atoms with Crippen LogP contribution >= 0.6 is 7.82 Å². The Morgan fingerprint density at radius 1 is 0.600 bits per heavy atom. The molecule has 0 aromatic rings. The highest BCUT2D eigenvalue weighted by Crippen LogP contribution is 2.47. The van der Waals surface area contributed by atoms with Crippen LogP contribution < -0.4 is 0 Å². The van der Waals surface area contributed by atoms with Crippen molar-refractivity contribution in [3.8, 4) is 0 Å². The third-order valence-electron chi connectivity index (χ3n) is 7.74. The third-order valence-corrected chi connectivity index (χ3v) is 8.73. The number of ether oxygens (including phenoxy) is 2. The van der Waals surface area contributed by atoms with Gasteiger partial charge >= 0.3 is 19.8 Å². The molecule has 8 atom stereocenters. The van der Waals surface area contributed by atoms with E-state index in [2.05, 4.69) is 13.8 Å². The number of hydrogen-bond acceptors (Lipinski definition) is 12. The number of phosphoric acid groups is 1. The highest BCUT2D eigenvalue weighted by Gasteiger charge is 2.51. The lowest BCUT2D eigenvalue weighted by molar-refractivity contribution is -0.220. The molecule has 3 unspecified atom stereocenters. The molecule has 6 N–H and O–H groups in total. The normalized spacial score (nSPS) is 25.4. The quantitative estimate of drug-likeness (QED) is 0.0338. The Hall–Kier alpha value is -1.15. The smallest absolute Gasteiger partial charge is 0.462 e. The molecule has 0 heterocycles. The molecule has 13 nitrogen and oxygen atoms in total. The molecule has 45 heavy (non-hydrogen) atoms. The Labute approximate surface area is 268 Å². The molecule has 1 rings (SSSR count). The first-order valence-corrected chi connectivity index (χ1v) is 17.9. The Morgan fingerprint density at radius 3 is 1.47 bits per heavy atom. The largest absolute Gasteiger partial charge is 0.472 e. The highest BCUT2D eigenvalue weighted by molar-refractivity contribution is 7.47. The van der Waals surface area contributed by atoms with E-state index in [1.807, 2.05) is 0 Å². The predicted octanol–water partition coefficient (Wildman–Crippen LogP) is 3.45. The minimum Gasteiger partial charge on any atom is -0.462 e. The molecule has 14 heteroatoms. The maximum absolute atomic E-state index is 12.6.